The molecule has 1 aliphatic carbocycles. The van der Waals surface area contributed by atoms with Crippen LogP contribution >= 0.6 is 0 Å². The van der Waals surface area contributed by atoms with Crippen molar-refractivity contribution in [3.05, 3.63) is 54.1 Å². The molecule has 1 unspecified atom stereocenters. The van der Waals surface area contributed by atoms with Crippen molar-refractivity contribution in [3.63, 3.8) is 0 Å². The molecule has 0 radical (unpaired) electrons. The summed E-state index contributed by atoms with van der Waals surface area (Å²) in [6.07, 6.45) is -7.24. The zero-order valence-electron chi connectivity index (χ0n) is 18.4. The Balaban J connectivity index is 1.61. The monoisotopic (exact) mass is 474 g/mol. The SMILES string of the molecule is CCCC1(OCc2ccc(-c3ccc(OC(F)(F)C(F)C(F)(F)F)cc3)cc2)CCCCC1. The molecule has 0 aliphatic heterocycles. The van der Waals surface area contributed by atoms with Crippen LogP contribution in [0, 0.1) is 0 Å². The largest absolute Gasteiger partial charge is 0.439 e. The van der Waals surface area contributed by atoms with E-state index in [1.807, 2.05) is 24.3 Å². The fourth-order valence-electron chi connectivity index (χ4n) is 4.26. The molecule has 1 aliphatic rings. The van der Waals surface area contributed by atoms with Gasteiger partial charge in [-0.2, -0.15) is 22.0 Å². The first-order chi connectivity index (χ1) is 15.5. The minimum atomic E-state index is -5.72. The Hall–Kier alpha value is -2.22. The van der Waals surface area contributed by atoms with E-state index >= 15 is 0 Å². The second-order valence-electron chi connectivity index (χ2n) is 8.57. The van der Waals surface area contributed by atoms with Crippen LogP contribution in [0.15, 0.2) is 48.5 Å². The number of hydrogen-bond acceptors (Lipinski definition) is 2. The summed E-state index contributed by atoms with van der Waals surface area (Å²) in [5.41, 5.74) is 2.41. The molecule has 1 atom stereocenters. The molecule has 1 fully saturated rings. The third-order valence-electron chi connectivity index (χ3n) is 5.99. The van der Waals surface area contributed by atoms with Gasteiger partial charge in [-0.15, -0.1) is 0 Å². The normalized spacial score (nSPS) is 17.5. The minimum Gasteiger partial charge on any atom is -0.430 e. The number of halogens is 6. The lowest BCUT2D eigenvalue weighted by Gasteiger charge is -2.37. The van der Waals surface area contributed by atoms with Gasteiger partial charge < -0.3 is 9.47 Å². The van der Waals surface area contributed by atoms with Crippen LogP contribution in [0.2, 0.25) is 0 Å². The zero-order valence-corrected chi connectivity index (χ0v) is 18.4. The van der Waals surface area contributed by atoms with E-state index in [4.69, 9.17) is 4.74 Å². The first kappa shape index (κ1) is 25.4. The molecule has 0 amide bonds. The van der Waals surface area contributed by atoms with Gasteiger partial charge in [0, 0.05) is 0 Å². The second kappa shape index (κ2) is 10.4. The highest BCUT2D eigenvalue weighted by atomic mass is 19.4. The first-order valence-corrected chi connectivity index (χ1v) is 11.2. The summed E-state index contributed by atoms with van der Waals surface area (Å²) in [5, 5.41) is 0. The molecule has 1 saturated carbocycles. The summed E-state index contributed by atoms with van der Waals surface area (Å²) in [7, 11) is 0. The fraction of sp³-hybridized carbons (Fsp3) is 0.520. The average molecular weight is 474 g/mol. The summed E-state index contributed by atoms with van der Waals surface area (Å²) < 4.78 is 86.9. The lowest BCUT2D eigenvalue weighted by molar-refractivity contribution is -0.304. The van der Waals surface area contributed by atoms with Gasteiger partial charge in [0.1, 0.15) is 5.75 Å². The third-order valence-corrected chi connectivity index (χ3v) is 5.99. The van der Waals surface area contributed by atoms with Crippen molar-refractivity contribution in [1.82, 2.24) is 0 Å². The molecule has 182 valence electrons. The highest BCUT2D eigenvalue weighted by molar-refractivity contribution is 5.64. The fourth-order valence-corrected chi connectivity index (χ4v) is 4.26. The van der Waals surface area contributed by atoms with Crippen molar-refractivity contribution in [2.75, 3.05) is 0 Å². The summed E-state index contributed by atoms with van der Waals surface area (Å²) in [5.74, 6) is -0.561. The van der Waals surface area contributed by atoms with Crippen molar-refractivity contribution in [2.45, 2.75) is 82.5 Å². The van der Waals surface area contributed by atoms with Gasteiger partial charge in [0.05, 0.1) is 12.2 Å². The molecule has 0 aromatic heterocycles. The van der Waals surface area contributed by atoms with Gasteiger partial charge in [-0.05, 0) is 48.1 Å². The molecule has 8 heteroatoms. The molecule has 0 saturated heterocycles. The third kappa shape index (κ3) is 6.65. The van der Waals surface area contributed by atoms with Crippen LogP contribution in [0.1, 0.15) is 57.4 Å². The predicted molar refractivity (Wildman–Crippen MR) is 114 cm³/mol. The van der Waals surface area contributed by atoms with Crippen molar-refractivity contribution in [2.24, 2.45) is 0 Å². The maximum Gasteiger partial charge on any atom is 0.439 e. The molecular weight excluding hydrogens is 446 g/mol. The van der Waals surface area contributed by atoms with E-state index in [0.29, 0.717) is 12.2 Å². The number of benzene rings is 2. The van der Waals surface area contributed by atoms with Crippen LogP contribution in [-0.2, 0) is 11.3 Å². The summed E-state index contributed by atoms with van der Waals surface area (Å²) in [4.78, 5) is 0. The van der Waals surface area contributed by atoms with E-state index in [9.17, 15) is 26.3 Å². The topological polar surface area (TPSA) is 18.5 Å². The van der Waals surface area contributed by atoms with Gasteiger partial charge in [0.15, 0.2) is 0 Å². The molecular formula is C25H28F6O2. The number of ether oxygens (including phenoxy) is 2. The van der Waals surface area contributed by atoms with Crippen LogP contribution in [0.5, 0.6) is 5.75 Å². The quantitative estimate of drug-likeness (QED) is 0.341. The zero-order chi connectivity index (χ0) is 24.1. The van der Waals surface area contributed by atoms with Crippen LogP contribution in [-0.4, -0.2) is 24.1 Å². The Labute approximate surface area is 189 Å². The molecule has 33 heavy (non-hydrogen) atoms. The molecule has 0 N–H and O–H groups in total. The highest BCUT2D eigenvalue weighted by Gasteiger charge is 2.59. The number of rotatable bonds is 9. The van der Waals surface area contributed by atoms with Crippen LogP contribution < -0.4 is 4.74 Å². The molecule has 2 nitrogen and oxygen atoms in total. The van der Waals surface area contributed by atoms with Gasteiger partial charge >= 0.3 is 12.3 Å². The van der Waals surface area contributed by atoms with Crippen molar-refractivity contribution < 1.29 is 35.8 Å². The highest BCUT2D eigenvalue weighted by Crippen LogP contribution is 2.38. The molecule has 0 spiro atoms. The molecule has 0 bridgehead atoms. The summed E-state index contributed by atoms with van der Waals surface area (Å²) >= 11 is 0. The van der Waals surface area contributed by atoms with Crippen LogP contribution in [0.4, 0.5) is 26.3 Å². The van der Waals surface area contributed by atoms with Crippen LogP contribution in [0.25, 0.3) is 11.1 Å². The lowest BCUT2D eigenvalue weighted by atomic mass is 9.81. The van der Waals surface area contributed by atoms with Gasteiger partial charge in [-0.25, -0.2) is 4.39 Å². The number of hydrogen-bond donors (Lipinski definition) is 0. The Morgan fingerprint density at radius 1 is 0.848 bits per heavy atom. The maximum absolute atomic E-state index is 13.4. The van der Waals surface area contributed by atoms with E-state index in [-0.39, 0.29) is 5.60 Å². The standard InChI is InChI=1S/C25H28F6O2/c1-2-14-23(15-4-3-5-16-23)32-17-18-6-8-19(9-7-18)20-10-12-21(13-11-20)33-25(30,31)22(26)24(27,28)29/h6-13,22H,2-5,14-17H2,1H3. The molecule has 3 rings (SSSR count). The first-order valence-electron chi connectivity index (χ1n) is 11.2. The minimum absolute atomic E-state index is 0.0473. The summed E-state index contributed by atoms with van der Waals surface area (Å²) in [6.45, 7) is 2.67. The van der Waals surface area contributed by atoms with Crippen molar-refractivity contribution in [3.8, 4) is 16.9 Å². The summed E-state index contributed by atoms with van der Waals surface area (Å²) in [6, 6.07) is 12.6. The van der Waals surface area contributed by atoms with E-state index < -0.39 is 24.2 Å². The van der Waals surface area contributed by atoms with E-state index in [0.717, 1.165) is 48.9 Å². The van der Waals surface area contributed by atoms with E-state index in [1.165, 1.54) is 31.4 Å². The average Bonchev–Trinajstić information content (AvgIpc) is 2.78. The Bertz CT molecular complexity index is 866. The van der Waals surface area contributed by atoms with Gasteiger partial charge in [-0.3, -0.25) is 0 Å². The lowest BCUT2D eigenvalue weighted by Crippen LogP contribution is -2.45. The predicted octanol–water partition coefficient (Wildman–Crippen LogP) is 8.25. The van der Waals surface area contributed by atoms with Crippen molar-refractivity contribution >= 4 is 0 Å². The maximum atomic E-state index is 13.4. The van der Waals surface area contributed by atoms with Gasteiger partial charge in [0.25, 0.3) is 6.17 Å². The van der Waals surface area contributed by atoms with Gasteiger partial charge in [-0.1, -0.05) is 69.0 Å². The smallest absolute Gasteiger partial charge is 0.430 e. The van der Waals surface area contributed by atoms with E-state index in [2.05, 4.69) is 11.7 Å². The Morgan fingerprint density at radius 3 is 1.91 bits per heavy atom. The van der Waals surface area contributed by atoms with Gasteiger partial charge in [0.2, 0.25) is 0 Å². The molecule has 2 aromatic carbocycles. The molecule has 2 aromatic rings. The molecule has 0 heterocycles. The van der Waals surface area contributed by atoms with Crippen LogP contribution in [0.3, 0.4) is 0 Å². The number of alkyl halides is 6. The van der Waals surface area contributed by atoms with Crippen molar-refractivity contribution in [1.29, 1.82) is 0 Å². The Morgan fingerprint density at radius 2 is 1.39 bits per heavy atom. The second-order valence-corrected chi connectivity index (χ2v) is 8.57. The van der Waals surface area contributed by atoms with E-state index in [1.54, 1.807) is 0 Å². The Kier molecular flexibility index (Phi) is 7.98.